The fourth-order valence-corrected chi connectivity index (χ4v) is 3.86. The van der Waals surface area contributed by atoms with Gasteiger partial charge in [-0.25, -0.2) is 4.98 Å². The van der Waals surface area contributed by atoms with E-state index in [0.717, 1.165) is 28.5 Å². The van der Waals surface area contributed by atoms with Gasteiger partial charge in [-0.1, -0.05) is 23.9 Å². The highest BCUT2D eigenvalue weighted by atomic mass is 32.2. The van der Waals surface area contributed by atoms with E-state index in [0.29, 0.717) is 24.1 Å². The number of hydrogen-bond donors (Lipinski definition) is 1. The number of ether oxygens (including phenoxy) is 2. The number of carbonyl (C=O) groups is 1. The highest BCUT2D eigenvalue weighted by molar-refractivity contribution is 7.99. The minimum atomic E-state index is -0.101. The number of nitrogens with one attached hydrogen (secondary N) is 1. The Kier molecular flexibility index (Phi) is 4.89. The number of benzene rings is 1. The normalized spacial score (nSPS) is 15.7. The zero-order valence-electron chi connectivity index (χ0n) is 15.1. The van der Waals surface area contributed by atoms with Gasteiger partial charge in [-0.2, -0.15) is 5.10 Å². The first-order valence-electron chi connectivity index (χ1n) is 8.68. The third-order valence-corrected chi connectivity index (χ3v) is 5.44. The second-order valence-corrected chi connectivity index (χ2v) is 7.36. The molecular formula is C19H20N4O3S. The molecule has 1 unspecified atom stereocenters. The van der Waals surface area contributed by atoms with Crippen LogP contribution in [0.25, 0.3) is 0 Å². The molecule has 0 saturated carbocycles. The van der Waals surface area contributed by atoms with Crippen molar-refractivity contribution >= 4 is 17.5 Å². The summed E-state index contributed by atoms with van der Waals surface area (Å²) < 4.78 is 14.0. The number of fused-ring (bicyclic) bond motifs is 1. The molecule has 0 amide bonds. The van der Waals surface area contributed by atoms with Crippen molar-refractivity contribution in [3.05, 3.63) is 53.6 Å². The topological polar surface area (TPSA) is 82.0 Å². The maximum atomic E-state index is 12.6. The zero-order valence-corrected chi connectivity index (χ0v) is 16.0. The molecule has 3 heterocycles. The van der Waals surface area contributed by atoms with Gasteiger partial charge in [0.2, 0.25) is 0 Å². The van der Waals surface area contributed by atoms with Crippen LogP contribution >= 0.6 is 11.8 Å². The van der Waals surface area contributed by atoms with Gasteiger partial charge in [-0.05, 0) is 32.0 Å². The first kappa shape index (κ1) is 17.7. The molecule has 1 aromatic carbocycles. The molecule has 27 heavy (non-hydrogen) atoms. The Hall–Kier alpha value is -2.74. The third kappa shape index (κ3) is 3.71. The quantitative estimate of drug-likeness (QED) is 0.520. The molecule has 0 fully saturated rings. The van der Waals surface area contributed by atoms with E-state index < -0.39 is 0 Å². The van der Waals surface area contributed by atoms with Crippen molar-refractivity contribution in [2.75, 3.05) is 12.4 Å². The van der Waals surface area contributed by atoms with E-state index in [1.807, 2.05) is 44.2 Å². The summed E-state index contributed by atoms with van der Waals surface area (Å²) in [6.45, 7) is 5.09. The molecule has 8 heteroatoms. The maximum Gasteiger partial charge on any atom is 0.183 e. The molecule has 0 aliphatic carbocycles. The SMILES string of the molecule is Cc1cc(C(=O)CSc2ncn[nH]2)c(C)n1CC1COc2ccccc2O1. The number of thioether (sulfide) groups is 1. The van der Waals surface area contributed by atoms with Crippen LogP contribution in [0.3, 0.4) is 0 Å². The third-order valence-electron chi connectivity index (χ3n) is 4.56. The number of nitrogens with zero attached hydrogens (tertiary/aromatic N) is 3. The first-order chi connectivity index (χ1) is 13.1. The van der Waals surface area contributed by atoms with Crippen molar-refractivity contribution in [3.63, 3.8) is 0 Å². The van der Waals surface area contributed by atoms with E-state index >= 15 is 0 Å². The van der Waals surface area contributed by atoms with Crippen molar-refractivity contribution in [2.45, 2.75) is 31.7 Å². The summed E-state index contributed by atoms with van der Waals surface area (Å²) >= 11 is 1.35. The molecule has 1 N–H and O–H groups in total. The smallest absolute Gasteiger partial charge is 0.183 e. The van der Waals surface area contributed by atoms with Gasteiger partial charge in [0, 0.05) is 17.0 Å². The van der Waals surface area contributed by atoms with E-state index in [1.54, 1.807) is 0 Å². The van der Waals surface area contributed by atoms with Crippen LogP contribution in [-0.4, -0.2) is 44.0 Å². The lowest BCUT2D eigenvalue weighted by Crippen LogP contribution is -2.33. The predicted molar refractivity (Wildman–Crippen MR) is 102 cm³/mol. The summed E-state index contributed by atoms with van der Waals surface area (Å²) in [5, 5.41) is 7.19. The van der Waals surface area contributed by atoms with Crippen LogP contribution in [-0.2, 0) is 6.54 Å². The molecule has 0 saturated heterocycles. The first-order valence-corrected chi connectivity index (χ1v) is 9.67. The van der Waals surface area contributed by atoms with Crippen LogP contribution in [0.5, 0.6) is 11.5 Å². The van der Waals surface area contributed by atoms with Crippen molar-refractivity contribution < 1.29 is 14.3 Å². The van der Waals surface area contributed by atoms with Gasteiger partial charge in [-0.15, -0.1) is 0 Å². The Morgan fingerprint density at radius 3 is 2.93 bits per heavy atom. The Balaban J connectivity index is 1.45. The molecule has 3 aromatic rings. The van der Waals surface area contributed by atoms with Gasteiger partial charge >= 0.3 is 0 Å². The molecule has 2 aromatic heterocycles. The van der Waals surface area contributed by atoms with Crippen LogP contribution in [0, 0.1) is 13.8 Å². The number of carbonyl (C=O) groups excluding carboxylic acids is 1. The van der Waals surface area contributed by atoms with E-state index in [4.69, 9.17) is 9.47 Å². The van der Waals surface area contributed by atoms with Crippen molar-refractivity contribution in [2.24, 2.45) is 0 Å². The number of rotatable bonds is 6. The number of aryl methyl sites for hydroxylation is 1. The van der Waals surface area contributed by atoms with Crippen molar-refractivity contribution in [1.82, 2.24) is 19.7 Å². The highest BCUT2D eigenvalue weighted by Gasteiger charge is 2.24. The summed E-state index contributed by atoms with van der Waals surface area (Å²) in [5.41, 5.74) is 2.71. The maximum absolute atomic E-state index is 12.6. The zero-order chi connectivity index (χ0) is 18.8. The monoisotopic (exact) mass is 384 g/mol. The summed E-state index contributed by atoms with van der Waals surface area (Å²) in [6.07, 6.45) is 1.33. The Morgan fingerprint density at radius 2 is 2.15 bits per heavy atom. The predicted octanol–water partition coefficient (Wildman–Crippen LogP) is 3.04. The molecule has 1 aliphatic rings. The van der Waals surface area contributed by atoms with Crippen LogP contribution in [0.15, 0.2) is 41.8 Å². The fraction of sp³-hybridized carbons (Fsp3) is 0.316. The number of aromatic nitrogens is 4. The summed E-state index contributed by atoms with van der Waals surface area (Å²) in [5.74, 6) is 1.92. The lowest BCUT2D eigenvalue weighted by atomic mass is 10.2. The number of aromatic amines is 1. The summed E-state index contributed by atoms with van der Waals surface area (Å²) in [6, 6.07) is 9.61. The van der Waals surface area contributed by atoms with E-state index in [9.17, 15) is 4.79 Å². The number of para-hydroxylation sites is 2. The van der Waals surface area contributed by atoms with Crippen molar-refractivity contribution in [3.8, 4) is 11.5 Å². The van der Waals surface area contributed by atoms with Crippen LogP contribution in [0.2, 0.25) is 0 Å². The van der Waals surface area contributed by atoms with E-state index in [2.05, 4.69) is 19.7 Å². The van der Waals surface area contributed by atoms with Gasteiger partial charge in [0.25, 0.3) is 0 Å². The van der Waals surface area contributed by atoms with Crippen LogP contribution in [0.4, 0.5) is 0 Å². The second kappa shape index (κ2) is 7.48. The lowest BCUT2D eigenvalue weighted by Gasteiger charge is -2.27. The Morgan fingerprint density at radius 1 is 1.33 bits per heavy atom. The molecule has 0 bridgehead atoms. The standard InChI is InChI=1S/C19H20N4O3S/c1-12-7-15(16(24)10-27-19-20-11-21-22-19)13(2)23(12)8-14-9-25-17-5-3-4-6-18(17)26-14/h3-7,11,14H,8-10H2,1-2H3,(H,20,21,22). The minimum Gasteiger partial charge on any atom is -0.486 e. The Bertz CT molecular complexity index is 952. The second-order valence-electron chi connectivity index (χ2n) is 6.40. The van der Waals surface area contributed by atoms with Gasteiger partial charge in [0.1, 0.15) is 12.9 Å². The largest absolute Gasteiger partial charge is 0.486 e. The van der Waals surface area contributed by atoms with Gasteiger partial charge < -0.3 is 14.0 Å². The molecule has 0 spiro atoms. The van der Waals surface area contributed by atoms with Gasteiger partial charge in [0.15, 0.2) is 28.5 Å². The van der Waals surface area contributed by atoms with Crippen LogP contribution in [0.1, 0.15) is 21.7 Å². The lowest BCUT2D eigenvalue weighted by molar-refractivity contribution is 0.0777. The number of hydrogen-bond acceptors (Lipinski definition) is 6. The molecule has 1 atom stereocenters. The summed E-state index contributed by atoms with van der Waals surface area (Å²) in [4.78, 5) is 16.7. The fourth-order valence-electron chi connectivity index (χ4n) is 3.20. The molecule has 4 rings (SSSR count). The van der Waals surface area contributed by atoms with Gasteiger partial charge in [0.05, 0.1) is 12.3 Å². The highest BCUT2D eigenvalue weighted by Crippen LogP contribution is 2.31. The molecule has 1 aliphatic heterocycles. The van der Waals surface area contributed by atoms with E-state index in [1.165, 1.54) is 18.1 Å². The molecular weight excluding hydrogens is 364 g/mol. The van der Waals surface area contributed by atoms with Crippen molar-refractivity contribution in [1.29, 1.82) is 0 Å². The minimum absolute atomic E-state index is 0.0712. The number of ketones is 1. The molecule has 7 nitrogen and oxygen atoms in total. The average molecular weight is 384 g/mol. The molecule has 0 radical (unpaired) electrons. The van der Waals surface area contributed by atoms with Gasteiger partial charge in [-0.3, -0.25) is 9.89 Å². The number of H-pyrrole nitrogens is 1. The number of Topliss-reactive ketones (excluding diaryl/α,β-unsaturated/α-hetero) is 1. The molecule has 140 valence electrons. The summed E-state index contributed by atoms with van der Waals surface area (Å²) in [7, 11) is 0. The Labute approximate surface area is 161 Å². The van der Waals surface area contributed by atoms with E-state index in [-0.39, 0.29) is 11.9 Å². The van der Waals surface area contributed by atoms with Crippen LogP contribution < -0.4 is 9.47 Å². The average Bonchev–Trinajstić information content (AvgIpc) is 3.30.